The van der Waals surface area contributed by atoms with Gasteiger partial charge in [0.05, 0.1) is 0 Å². The van der Waals surface area contributed by atoms with Gasteiger partial charge in [-0.3, -0.25) is 9.78 Å². The predicted molar refractivity (Wildman–Crippen MR) is 106 cm³/mol. The molecule has 0 saturated heterocycles. The van der Waals surface area contributed by atoms with Gasteiger partial charge >= 0.3 is 0 Å². The third-order valence-electron chi connectivity index (χ3n) is 4.22. The van der Waals surface area contributed by atoms with Crippen molar-refractivity contribution in [1.29, 1.82) is 0 Å². The standard InChI is InChI=1S/C21H23N5O/c1-3-26(4-2)21(27)18-13-19(23-15-16-9-8-12-22-14-16)25-20(24-18)17-10-6-5-7-11-17/h5-14H,3-4,15H2,1-2H3,(H,23,24,25). The highest BCUT2D eigenvalue weighted by Crippen LogP contribution is 2.19. The van der Waals surface area contributed by atoms with Crippen molar-refractivity contribution in [1.82, 2.24) is 19.9 Å². The Balaban J connectivity index is 1.94. The number of carbonyl (C=O) groups is 1. The lowest BCUT2D eigenvalue weighted by molar-refractivity contribution is 0.0767. The predicted octanol–water partition coefficient (Wildman–Crippen LogP) is 3.63. The van der Waals surface area contributed by atoms with Crippen molar-refractivity contribution in [3.8, 4) is 11.4 Å². The van der Waals surface area contributed by atoms with Crippen molar-refractivity contribution >= 4 is 11.7 Å². The molecule has 2 aromatic heterocycles. The molecule has 3 rings (SSSR count). The largest absolute Gasteiger partial charge is 0.366 e. The minimum absolute atomic E-state index is 0.0935. The van der Waals surface area contributed by atoms with Gasteiger partial charge in [0.15, 0.2) is 5.82 Å². The van der Waals surface area contributed by atoms with Crippen molar-refractivity contribution in [2.24, 2.45) is 0 Å². The Morgan fingerprint density at radius 1 is 1.04 bits per heavy atom. The summed E-state index contributed by atoms with van der Waals surface area (Å²) in [6.45, 7) is 5.76. The number of anilines is 1. The van der Waals surface area contributed by atoms with Gasteiger partial charge in [-0.1, -0.05) is 36.4 Å². The van der Waals surface area contributed by atoms with E-state index in [1.807, 2.05) is 56.3 Å². The first-order chi connectivity index (χ1) is 13.2. The first-order valence-corrected chi connectivity index (χ1v) is 9.07. The second-order valence-electron chi connectivity index (χ2n) is 6.02. The molecule has 0 spiro atoms. The van der Waals surface area contributed by atoms with E-state index in [1.54, 1.807) is 23.4 Å². The third-order valence-corrected chi connectivity index (χ3v) is 4.22. The van der Waals surface area contributed by atoms with Crippen LogP contribution in [0, 0.1) is 0 Å². The van der Waals surface area contributed by atoms with Crippen molar-refractivity contribution in [3.05, 3.63) is 72.2 Å². The summed E-state index contributed by atoms with van der Waals surface area (Å²) in [6, 6.07) is 15.3. The molecule has 0 bridgehead atoms. The Hall–Kier alpha value is -3.28. The number of nitrogens with zero attached hydrogens (tertiary/aromatic N) is 4. The fourth-order valence-corrected chi connectivity index (χ4v) is 2.73. The van der Waals surface area contributed by atoms with Crippen LogP contribution in [0.25, 0.3) is 11.4 Å². The molecule has 0 saturated carbocycles. The third kappa shape index (κ3) is 4.67. The molecule has 1 aromatic carbocycles. The zero-order chi connectivity index (χ0) is 19.1. The number of carbonyl (C=O) groups excluding carboxylic acids is 1. The summed E-state index contributed by atoms with van der Waals surface area (Å²) in [4.78, 5) is 27.8. The van der Waals surface area contributed by atoms with Crippen LogP contribution < -0.4 is 5.32 Å². The van der Waals surface area contributed by atoms with Gasteiger partial charge < -0.3 is 10.2 Å². The molecule has 138 valence electrons. The lowest BCUT2D eigenvalue weighted by atomic mass is 10.2. The zero-order valence-corrected chi connectivity index (χ0v) is 15.6. The van der Waals surface area contributed by atoms with E-state index < -0.39 is 0 Å². The number of amides is 1. The Morgan fingerprint density at radius 3 is 2.48 bits per heavy atom. The van der Waals surface area contributed by atoms with Gasteiger partial charge in [0, 0.05) is 43.7 Å². The minimum atomic E-state index is -0.0935. The average molecular weight is 361 g/mol. The van der Waals surface area contributed by atoms with Gasteiger partial charge in [0.25, 0.3) is 5.91 Å². The maximum Gasteiger partial charge on any atom is 0.272 e. The van der Waals surface area contributed by atoms with Gasteiger partial charge in [-0.2, -0.15) is 0 Å². The van der Waals surface area contributed by atoms with E-state index in [0.717, 1.165) is 11.1 Å². The molecular weight excluding hydrogens is 338 g/mol. The Morgan fingerprint density at radius 2 is 1.81 bits per heavy atom. The number of nitrogens with one attached hydrogen (secondary N) is 1. The molecule has 0 radical (unpaired) electrons. The summed E-state index contributed by atoms with van der Waals surface area (Å²) in [5.41, 5.74) is 2.30. The smallest absolute Gasteiger partial charge is 0.272 e. The van der Waals surface area contributed by atoms with E-state index in [0.29, 0.717) is 37.0 Å². The Labute approximate surface area is 159 Å². The van der Waals surface area contributed by atoms with Gasteiger partial charge in [0.2, 0.25) is 0 Å². The molecule has 0 aliphatic rings. The molecule has 0 fully saturated rings. The Bertz CT molecular complexity index is 880. The molecule has 0 aliphatic carbocycles. The van der Waals surface area contributed by atoms with Gasteiger partial charge in [0.1, 0.15) is 11.5 Å². The van der Waals surface area contributed by atoms with E-state index >= 15 is 0 Å². The van der Waals surface area contributed by atoms with Gasteiger partial charge in [-0.05, 0) is 25.5 Å². The Kier molecular flexibility index (Phi) is 6.10. The van der Waals surface area contributed by atoms with E-state index in [4.69, 9.17) is 0 Å². The van der Waals surface area contributed by atoms with Gasteiger partial charge in [-0.15, -0.1) is 0 Å². The number of benzene rings is 1. The summed E-state index contributed by atoms with van der Waals surface area (Å²) >= 11 is 0. The van der Waals surface area contributed by atoms with Crippen LogP contribution in [-0.4, -0.2) is 38.8 Å². The quantitative estimate of drug-likeness (QED) is 0.696. The van der Waals surface area contributed by atoms with E-state index in [9.17, 15) is 4.79 Å². The molecular formula is C21H23N5O. The molecule has 6 heteroatoms. The maximum atomic E-state index is 12.8. The van der Waals surface area contributed by atoms with Crippen LogP contribution in [0.3, 0.4) is 0 Å². The van der Waals surface area contributed by atoms with Crippen molar-refractivity contribution in [2.75, 3.05) is 18.4 Å². The van der Waals surface area contributed by atoms with Crippen molar-refractivity contribution in [2.45, 2.75) is 20.4 Å². The molecule has 0 aliphatic heterocycles. The van der Waals surface area contributed by atoms with Crippen LogP contribution in [0.1, 0.15) is 29.9 Å². The summed E-state index contributed by atoms with van der Waals surface area (Å²) in [6.07, 6.45) is 3.54. The molecule has 27 heavy (non-hydrogen) atoms. The molecule has 2 heterocycles. The first kappa shape index (κ1) is 18.5. The van der Waals surface area contributed by atoms with Crippen LogP contribution in [0.5, 0.6) is 0 Å². The van der Waals surface area contributed by atoms with Crippen molar-refractivity contribution < 1.29 is 4.79 Å². The molecule has 0 unspecified atom stereocenters. The van der Waals surface area contributed by atoms with Gasteiger partial charge in [-0.25, -0.2) is 9.97 Å². The SMILES string of the molecule is CCN(CC)C(=O)c1cc(NCc2cccnc2)nc(-c2ccccc2)n1. The van der Waals surface area contributed by atoms with E-state index in [2.05, 4.69) is 20.3 Å². The fraction of sp³-hybridized carbons (Fsp3) is 0.238. The normalized spacial score (nSPS) is 10.4. The second kappa shape index (κ2) is 8.89. The minimum Gasteiger partial charge on any atom is -0.366 e. The maximum absolute atomic E-state index is 12.8. The van der Waals surface area contributed by atoms with Crippen LogP contribution >= 0.6 is 0 Å². The summed E-state index contributed by atoms with van der Waals surface area (Å²) in [5, 5.41) is 3.28. The van der Waals surface area contributed by atoms with E-state index in [-0.39, 0.29) is 5.91 Å². The number of hydrogen-bond donors (Lipinski definition) is 1. The lowest BCUT2D eigenvalue weighted by Gasteiger charge is -2.19. The second-order valence-corrected chi connectivity index (χ2v) is 6.02. The average Bonchev–Trinajstić information content (AvgIpc) is 2.74. The topological polar surface area (TPSA) is 71.0 Å². The number of hydrogen-bond acceptors (Lipinski definition) is 5. The number of pyridine rings is 1. The molecule has 1 N–H and O–H groups in total. The van der Waals surface area contributed by atoms with Crippen LogP contribution in [0.4, 0.5) is 5.82 Å². The van der Waals surface area contributed by atoms with Crippen LogP contribution in [0.2, 0.25) is 0 Å². The highest BCUT2D eigenvalue weighted by atomic mass is 16.2. The molecule has 3 aromatic rings. The zero-order valence-electron chi connectivity index (χ0n) is 15.6. The van der Waals surface area contributed by atoms with Crippen LogP contribution in [0.15, 0.2) is 60.9 Å². The summed E-state index contributed by atoms with van der Waals surface area (Å²) < 4.78 is 0. The number of aromatic nitrogens is 3. The molecule has 1 amide bonds. The highest BCUT2D eigenvalue weighted by Gasteiger charge is 2.17. The highest BCUT2D eigenvalue weighted by molar-refractivity contribution is 5.93. The fourth-order valence-electron chi connectivity index (χ4n) is 2.73. The number of rotatable bonds is 7. The van der Waals surface area contributed by atoms with E-state index in [1.165, 1.54) is 0 Å². The van der Waals surface area contributed by atoms with Crippen molar-refractivity contribution in [3.63, 3.8) is 0 Å². The lowest BCUT2D eigenvalue weighted by Crippen LogP contribution is -2.31. The molecule has 0 atom stereocenters. The molecule has 6 nitrogen and oxygen atoms in total. The first-order valence-electron chi connectivity index (χ1n) is 9.07. The van der Waals surface area contributed by atoms with Crippen LogP contribution in [-0.2, 0) is 6.54 Å². The monoisotopic (exact) mass is 361 g/mol. The summed E-state index contributed by atoms with van der Waals surface area (Å²) in [7, 11) is 0. The summed E-state index contributed by atoms with van der Waals surface area (Å²) in [5.74, 6) is 1.05.